The van der Waals surface area contributed by atoms with E-state index >= 15 is 0 Å². The molecule has 1 atom stereocenters. The van der Waals surface area contributed by atoms with Gasteiger partial charge < -0.3 is 16.2 Å². The first-order valence-electron chi connectivity index (χ1n) is 6.50. The van der Waals surface area contributed by atoms with Crippen molar-refractivity contribution in [2.24, 2.45) is 5.73 Å². The molecule has 5 heteroatoms. The van der Waals surface area contributed by atoms with Crippen molar-refractivity contribution < 1.29 is 14.7 Å². The van der Waals surface area contributed by atoms with Gasteiger partial charge in [0.15, 0.2) is 0 Å². The molecule has 4 N–H and O–H groups in total. The lowest BCUT2D eigenvalue weighted by Gasteiger charge is -2.12. The van der Waals surface area contributed by atoms with Crippen LogP contribution >= 0.6 is 0 Å². The first kappa shape index (κ1) is 14.7. The van der Waals surface area contributed by atoms with Crippen molar-refractivity contribution in [2.45, 2.75) is 12.5 Å². The zero-order valence-electron chi connectivity index (χ0n) is 11.3. The zero-order chi connectivity index (χ0) is 15.2. The number of amides is 1. The normalized spacial score (nSPS) is 11.7. The van der Waals surface area contributed by atoms with E-state index in [4.69, 9.17) is 10.8 Å². The lowest BCUT2D eigenvalue weighted by Crippen LogP contribution is -2.20. The summed E-state index contributed by atoms with van der Waals surface area (Å²) in [6.45, 7) is 0. The van der Waals surface area contributed by atoms with Crippen molar-refractivity contribution >= 4 is 17.6 Å². The number of carbonyl (C=O) groups is 2. The summed E-state index contributed by atoms with van der Waals surface area (Å²) in [6.07, 6.45) is 0.126. The Balaban J connectivity index is 1.99. The van der Waals surface area contributed by atoms with Gasteiger partial charge in [-0.3, -0.25) is 4.79 Å². The molecule has 0 aromatic heterocycles. The minimum absolute atomic E-state index is 0.125. The summed E-state index contributed by atoms with van der Waals surface area (Å²) in [5.41, 5.74) is 7.42. The lowest BCUT2D eigenvalue weighted by molar-refractivity contribution is -0.116. The number of carboxylic acid groups (broad SMARTS) is 1. The van der Waals surface area contributed by atoms with E-state index in [1.54, 1.807) is 12.1 Å². The lowest BCUT2D eigenvalue weighted by atomic mass is 10.0. The summed E-state index contributed by atoms with van der Waals surface area (Å²) in [5.74, 6) is -1.29. The van der Waals surface area contributed by atoms with Crippen LogP contribution in [0.2, 0.25) is 0 Å². The fourth-order valence-corrected chi connectivity index (χ4v) is 1.96. The predicted molar refractivity (Wildman–Crippen MR) is 80.0 cm³/mol. The molecule has 0 aliphatic heterocycles. The molecule has 0 aliphatic rings. The maximum absolute atomic E-state index is 11.9. The van der Waals surface area contributed by atoms with Crippen LogP contribution in [0.3, 0.4) is 0 Å². The standard InChI is InChI=1S/C16H16N2O3/c17-14(11-5-2-1-3-6-11)10-15(19)18-13-8-4-7-12(9-13)16(20)21/h1-9,14H,10,17H2,(H,18,19)(H,20,21). The fourth-order valence-electron chi connectivity index (χ4n) is 1.96. The molecule has 0 fully saturated rings. The summed E-state index contributed by atoms with van der Waals surface area (Å²) in [6, 6.07) is 15.0. The van der Waals surface area contributed by atoms with Crippen LogP contribution in [0.25, 0.3) is 0 Å². The molecule has 0 bridgehead atoms. The highest BCUT2D eigenvalue weighted by molar-refractivity contribution is 5.94. The minimum Gasteiger partial charge on any atom is -0.478 e. The highest BCUT2D eigenvalue weighted by atomic mass is 16.4. The number of aromatic carboxylic acids is 1. The number of hydrogen-bond donors (Lipinski definition) is 3. The van der Waals surface area contributed by atoms with Crippen molar-refractivity contribution in [3.05, 3.63) is 65.7 Å². The van der Waals surface area contributed by atoms with Gasteiger partial charge in [-0.2, -0.15) is 0 Å². The fraction of sp³-hybridized carbons (Fsp3) is 0.125. The van der Waals surface area contributed by atoms with Gasteiger partial charge in [0.05, 0.1) is 5.56 Å². The van der Waals surface area contributed by atoms with Crippen molar-refractivity contribution in [3.8, 4) is 0 Å². The molecule has 2 rings (SSSR count). The van der Waals surface area contributed by atoms with Crippen molar-refractivity contribution in [3.63, 3.8) is 0 Å². The molecule has 2 aromatic rings. The average Bonchev–Trinajstić information content (AvgIpc) is 2.48. The van der Waals surface area contributed by atoms with E-state index < -0.39 is 12.0 Å². The quantitative estimate of drug-likeness (QED) is 0.786. The molecule has 1 amide bonds. The van der Waals surface area contributed by atoms with E-state index in [0.717, 1.165) is 5.56 Å². The molecule has 0 aliphatic carbocycles. The second kappa shape index (κ2) is 6.67. The molecular formula is C16H16N2O3. The third-order valence-corrected chi connectivity index (χ3v) is 3.03. The van der Waals surface area contributed by atoms with Crippen molar-refractivity contribution in [2.75, 3.05) is 5.32 Å². The Kier molecular flexibility index (Phi) is 4.68. The Morgan fingerprint density at radius 3 is 2.48 bits per heavy atom. The highest BCUT2D eigenvalue weighted by Gasteiger charge is 2.12. The van der Waals surface area contributed by atoms with Gasteiger partial charge in [0.1, 0.15) is 0 Å². The van der Waals surface area contributed by atoms with E-state index in [0.29, 0.717) is 5.69 Å². The van der Waals surface area contributed by atoms with Crippen LogP contribution in [0.1, 0.15) is 28.4 Å². The number of rotatable bonds is 5. The molecule has 0 saturated carbocycles. The maximum atomic E-state index is 11.9. The van der Waals surface area contributed by atoms with E-state index in [1.807, 2.05) is 30.3 Å². The van der Waals surface area contributed by atoms with E-state index in [2.05, 4.69) is 5.32 Å². The third-order valence-electron chi connectivity index (χ3n) is 3.03. The number of nitrogens with one attached hydrogen (secondary N) is 1. The third kappa shape index (κ3) is 4.15. The molecule has 2 aromatic carbocycles. The summed E-state index contributed by atoms with van der Waals surface area (Å²) in [7, 11) is 0. The van der Waals surface area contributed by atoms with E-state index in [9.17, 15) is 9.59 Å². The van der Waals surface area contributed by atoms with Gasteiger partial charge in [-0.05, 0) is 23.8 Å². The maximum Gasteiger partial charge on any atom is 0.335 e. The topological polar surface area (TPSA) is 92.4 Å². The number of carboxylic acids is 1. The summed E-state index contributed by atoms with van der Waals surface area (Å²) in [5, 5.41) is 11.6. The van der Waals surface area contributed by atoms with Gasteiger partial charge in [0.25, 0.3) is 0 Å². The molecule has 5 nitrogen and oxygen atoms in total. The second-order valence-electron chi connectivity index (χ2n) is 4.66. The second-order valence-corrected chi connectivity index (χ2v) is 4.66. The number of benzene rings is 2. The molecule has 0 saturated heterocycles. The molecule has 0 radical (unpaired) electrons. The van der Waals surface area contributed by atoms with Gasteiger partial charge in [0, 0.05) is 18.2 Å². The van der Waals surface area contributed by atoms with Crippen LogP contribution in [0.15, 0.2) is 54.6 Å². The minimum atomic E-state index is -1.04. The van der Waals surface area contributed by atoms with E-state index in [1.165, 1.54) is 12.1 Å². The van der Waals surface area contributed by atoms with Gasteiger partial charge >= 0.3 is 5.97 Å². The monoisotopic (exact) mass is 284 g/mol. The zero-order valence-corrected chi connectivity index (χ0v) is 11.3. The molecule has 21 heavy (non-hydrogen) atoms. The molecule has 1 unspecified atom stereocenters. The summed E-state index contributed by atoms with van der Waals surface area (Å²) < 4.78 is 0. The molecule has 0 heterocycles. The SMILES string of the molecule is NC(CC(=O)Nc1cccc(C(=O)O)c1)c1ccccc1. The first-order chi connectivity index (χ1) is 10.1. The van der Waals surface area contributed by atoms with Gasteiger partial charge in [-0.15, -0.1) is 0 Å². The number of anilines is 1. The molecule has 0 spiro atoms. The van der Waals surface area contributed by atoms with Gasteiger partial charge in [0.2, 0.25) is 5.91 Å². The largest absolute Gasteiger partial charge is 0.478 e. The summed E-state index contributed by atoms with van der Waals surface area (Å²) >= 11 is 0. The number of hydrogen-bond acceptors (Lipinski definition) is 3. The molecule has 108 valence electrons. The molecular weight excluding hydrogens is 268 g/mol. The van der Waals surface area contributed by atoms with Crippen molar-refractivity contribution in [1.82, 2.24) is 0 Å². The van der Waals surface area contributed by atoms with Crippen LogP contribution in [-0.2, 0) is 4.79 Å². The Hall–Kier alpha value is -2.66. The first-order valence-corrected chi connectivity index (χ1v) is 6.50. The van der Waals surface area contributed by atoms with Crippen LogP contribution in [0.5, 0.6) is 0 Å². The average molecular weight is 284 g/mol. The number of carbonyl (C=O) groups excluding carboxylic acids is 1. The van der Waals surface area contributed by atoms with Crippen LogP contribution in [0.4, 0.5) is 5.69 Å². The van der Waals surface area contributed by atoms with E-state index in [-0.39, 0.29) is 17.9 Å². The Morgan fingerprint density at radius 2 is 1.81 bits per heavy atom. The van der Waals surface area contributed by atoms with Crippen LogP contribution in [0, 0.1) is 0 Å². The van der Waals surface area contributed by atoms with Crippen LogP contribution < -0.4 is 11.1 Å². The van der Waals surface area contributed by atoms with Crippen LogP contribution in [-0.4, -0.2) is 17.0 Å². The summed E-state index contributed by atoms with van der Waals surface area (Å²) in [4.78, 5) is 22.8. The van der Waals surface area contributed by atoms with Crippen molar-refractivity contribution in [1.29, 1.82) is 0 Å². The highest BCUT2D eigenvalue weighted by Crippen LogP contribution is 2.16. The Morgan fingerprint density at radius 1 is 1.10 bits per heavy atom. The Bertz CT molecular complexity index is 641. The van der Waals surface area contributed by atoms with Gasteiger partial charge in [-0.1, -0.05) is 36.4 Å². The smallest absolute Gasteiger partial charge is 0.335 e. The predicted octanol–water partition coefficient (Wildman–Crippen LogP) is 2.41. The Labute approximate surface area is 122 Å². The van der Waals surface area contributed by atoms with Gasteiger partial charge in [-0.25, -0.2) is 4.79 Å². The number of nitrogens with two attached hydrogens (primary N) is 1.